The molecule has 0 aliphatic rings. The highest BCUT2D eigenvalue weighted by atomic mass is 79.9. The van der Waals surface area contributed by atoms with Crippen LogP contribution in [0.4, 0.5) is 0 Å². The van der Waals surface area contributed by atoms with Crippen LogP contribution >= 0.6 is 15.9 Å². The van der Waals surface area contributed by atoms with Gasteiger partial charge in [0.05, 0.1) is 11.6 Å². The van der Waals surface area contributed by atoms with E-state index in [2.05, 4.69) is 27.0 Å². The van der Waals surface area contributed by atoms with E-state index in [0.29, 0.717) is 5.57 Å². The number of allylic oxidation sites excluding steroid dienone is 1. The van der Waals surface area contributed by atoms with Crippen LogP contribution in [0.15, 0.2) is 53.3 Å². The van der Waals surface area contributed by atoms with Crippen molar-refractivity contribution < 1.29 is 0 Å². The number of hydrogen-bond acceptors (Lipinski definition) is 2. The molecular formula is C14H9BrN2. The normalized spacial score (nSPS) is 10.9. The van der Waals surface area contributed by atoms with Crippen LogP contribution in [0.3, 0.4) is 0 Å². The van der Waals surface area contributed by atoms with Gasteiger partial charge in [-0.25, -0.2) is 0 Å². The summed E-state index contributed by atoms with van der Waals surface area (Å²) in [6.07, 6.45) is 5.27. The maximum Gasteiger partial charge on any atom is 0.0998 e. The first-order chi connectivity index (χ1) is 8.29. The van der Waals surface area contributed by atoms with Gasteiger partial charge in [0.15, 0.2) is 0 Å². The molecule has 1 aromatic heterocycles. The standard InChI is InChI=1S/C14H9BrN2/c15-14-3-1-12(2-4-14)13(10-16)9-11-5-7-17-8-6-11/h1-9H/b13-9-. The van der Waals surface area contributed by atoms with Crippen LogP contribution in [0, 0.1) is 11.3 Å². The Labute approximate surface area is 108 Å². The zero-order valence-electron chi connectivity index (χ0n) is 8.97. The Kier molecular flexibility index (Phi) is 3.69. The summed E-state index contributed by atoms with van der Waals surface area (Å²) in [4.78, 5) is 3.94. The lowest BCUT2D eigenvalue weighted by atomic mass is 10.0. The predicted octanol–water partition coefficient (Wildman–Crippen LogP) is 3.91. The third-order valence-corrected chi connectivity index (χ3v) is 2.82. The van der Waals surface area contributed by atoms with Crippen molar-refractivity contribution in [2.24, 2.45) is 0 Å². The molecule has 0 amide bonds. The molecule has 82 valence electrons. The van der Waals surface area contributed by atoms with Crippen molar-refractivity contribution in [1.82, 2.24) is 4.98 Å². The van der Waals surface area contributed by atoms with Crippen LogP contribution in [0.1, 0.15) is 11.1 Å². The maximum atomic E-state index is 9.16. The SMILES string of the molecule is N#C/C(=C/c1ccncc1)c1ccc(Br)cc1. The second-order valence-corrected chi connectivity index (χ2v) is 4.37. The molecule has 0 N–H and O–H groups in total. The predicted molar refractivity (Wildman–Crippen MR) is 71.9 cm³/mol. The summed E-state index contributed by atoms with van der Waals surface area (Å²) in [5, 5.41) is 9.16. The fraction of sp³-hybridized carbons (Fsp3) is 0. The van der Waals surface area contributed by atoms with Gasteiger partial charge in [0, 0.05) is 16.9 Å². The van der Waals surface area contributed by atoms with Crippen molar-refractivity contribution in [3.05, 3.63) is 64.4 Å². The smallest absolute Gasteiger partial charge is 0.0998 e. The fourth-order valence-corrected chi connectivity index (χ4v) is 1.70. The van der Waals surface area contributed by atoms with Crippen LogP contribution in [0.2, 0.25) is 0 Å². The van der Waals surface area contributed by atoms with Crippen LogP contribution in [-0.4, -0.2) is 4.98 Å². The number of pyridine rings is 1. The second-order valence-electron chi connectivity index (χ2n) is 3.46. The molecule has 0 aliphatic carbocycles. The van der Waals surface area contributed by atoms with Crippen LogP contribution in [0.5, 0.6) is 0 Å². The van der Waals surface area contributed by atoms with Gasteiger partial charge in [-0.2, -0.15) is 5.26 Å². The number of halogens is 1. The van der Waals surface area contributed by atoms with Crippen molar-refractivity contribution in [3.63, 3.8) is 0 Å². The van der Waals surface area contributed by atoms with E-state index in [1.807, 2.05) is 42.5 Å². The summed E-state index contributed by atoms with van der Waals surface area (Å²) in [5.74, 6) is 0. The van der Waals surface area contributed by atoms with E-state index in [9.17, 15) is 0 Å². The van der Waals surface area contributed by atoms with E-state index >= 15 is 0 Å². The molecule has 0 atom stereocenters. The highest BCUT2D eigenvalue weighted by molar-refractivity contribution is 9.10. The minimum atomic E-state index is 0.642. The number of aromatic nitrogens is 1. The number of nitriles is 1. The first-order valence-electron chi connectivity index (χ1n) is 5.07. The van der Waals surface area contributed by atoms with Gasteiger partial charge in [-0.3, -0.25) is 4.98 Å². The molecule has 0 unspecified atom stereocenters. The summed E-state index contributed by atoms with van der Waals surface area (Å²) in [5.41, 5.74) is 2.52. The molecule has 3 heteroatoms. The lowest BCUT2D eigenvalue weighted by molar-refractivity contribution is 1.32. The van der Waals surface area contributed by atoms with Gasteiger partial charge in [0.2, 0.25) is 0 Å². The first kappa shape index (κ1) is 11.6. The van der Waals surface area contributed by atoms with Gasteiger partial charge >= 0.3 is 0 Å². The topological polar surface area (TPSA) is 36.7 Å². The molecule has 2 rings (SSSR count). The monoisotopic (exact) mass is 284 g/mol. The number of rotatable bonds is 2. The Morgan fingerprint density at radius 2 is 1.76 bits per heavy atom. The van der Waals surface area contributed by atoms with Gasteiger partial charge in [0.1, 0.15) is 0 Å². The molecule has 2 aromatic rings. The average molecular weight is 285 g/mol. The van der Waals surface area contributed by atoms with Crippen LogP contribution in [-0.2, 0) is 0 Å². The molecule has 2 nitrogen and oxygen atoms in total. The van der Waals surface area contributed by atoms with E-state index in [-0.39, 0.29) is 0 Å². The highest BCUT2D eigenvalue weighted by Crippen LogP contribution is 2.19. The largest absolute Gasteiger partial charge is 0.265 e. The number of nitrogens with zero attached hydrogens (tertiary/aromatic N) is 2. The molecule has 0 spiro atoms. The summed E-state index contributed by atoms with van der Waals surface area (Å²) in [6, 6.07) is 13.6. The minimum Gasteiger partial charge on any atom is -0.265 e. The molecule has 0 saturated heterocycles. The van der Waals surface area contributed by atoms with E-state index < -0.39 is 0 Å². The molecule has 0 aliphatic heterocycles. The van der Waals surface area contributed by atoms with Crippen molar-refractivity contribution >= 4 is 27.6 Å². The minimum absolute atomic E-state index is 0.642. The molecule has 0 bridgehead atoms. The van der Waals surface area contributed by atoms with Crippen LogP contribution in [0.25, 0.3) is 11.6 Å². The summed E-state index contributed by atoms with van der Waals surface area (Å²) in [6.45, 7) is 0. The van der Waals surface area contributed by atoms with Crippen molar-refractivity contribution in [2.75, 3.05) is 0 Å². The van der Waals surface area contributed by atoms with Gasteiger partial charge < -0.3 is 0 Å². The molecular weight excluding hydrogens is 276 g/mol. The Morgan fingerprint density at radius 1 is 1.12 bits per heavy atom. The Bertz CT molecular complexity index is 565. The number of hydrogen-bond donors (Lipinski definition) is 0. The van der Waals surface area contributed by atoms with Gasteiger partial charge in [-0.1, -0.05) is 28.1 Å². The van der Waals surface area contributed by atoms with Crippen molar-refractivity contribution in [3.8, 4) is 6.07 Å². The maximum absolute atomic E-state index is 9.16. The van der Waals surface area contributed by atoms with Crippen LogP contribution < -0.4 is 0 Å². The van der Waals surface area contributed by atoms with E-state index in [0.717, 1.165) is 15.6 Å². The average Bonchev–Trinajstić information content (AvgIpc) is 2.38. The third kappa shape index (κ3) is 3.02. The second kappa shape index (κ2) is 5.42. The first-order valence-corrected chi connectivity index (χ1v) is 5.86. The molecule has 0 saturated carbocycles. The Balaban J connectivity index is 2.38. The van der Waals surface area contributed by atoms with Gasteiger partial charge in [-0.05, 0) is 41.5 Å². The van der Waals surface area contributed by atoms with E-state index in [1.54, 1.807) is 12.4 Å². The Hall–Kier alpha value is -1.92. The summed E-state index contributed by atoms with van der Waals surface area (Å²) >= 11 is 3.37. The van der Waals surface area contributed by atoms with Crippen molar-refractivity contribution in [1.29, 1.82) is 5.26 Å². The molecule has 17 heavy (non-hydrogen) atoms. The zero-order valence-corrected chi connectivity index (χ0v) is 10.6. The fourth-order valence-electron chi connectivity index (χ4n) is 1.44. The van der Waals surface area contributed by atoms with Gasteiger partial charge in [-0.15, -0.1) is 0 Å². The summed E-state index contributed by atoms with van der Waals surface area (Å²) in [7, 11) is 0. The van der Waals surface area contributed by atoms with E-state index in [4.69, 9.17) is 5.26 Å². The van der Waals surface area contributed by atoms with Gasteiger partial charge in [0.25, 0.3) is 0 Å². The Morgan fingerprint density at radius 3 is 2.35 bits per heavy atom. The molecule has 1 heterocycles. The lowest BCUT2D eigenvalue weighted by Gasteiger charge is -1.99. The molecule has 0 radical (unpaired) electrons. The summed E-state index contributed by atoms with van der Waals surface area (Å²) < 4.78 is 1.00. The quantitative estimate of drug-likeness (QED) is 0.784. The third-order valence-electron chi connectivity index (χ3n) is 2.29. The van der Waals surface area contributed by atoms with Crippen molar-refractivity contribution in [2.45, 2.75) is 0 Å². The lowest BCUT2D eigenvalue weighted by Crippen LogP contribution is -1.82. The number of benzene rings is 1. The highest BCUT2D eigenvalue weighted by Gasteiger charge is 2.00. The van der Waals surface area contributed by atoms with E-state index in [1.165, 1.54) is 0 Å². The molecule has 0 fully saturated rings. The molecule has 1 aromatic carbocycles. The zero-order chi connectivity index (χ0) is 12.1.